The number of carboxylic acid groups (broad SMARTS) is 1. The minimum Gasteiger partial charge on any atom is -0.482 e. The number of carbonyl (C=O) groups is 4. The topological polar surface area (TPSA) is 113 Å². The van der Waals surface area contributed by atoms with Crippen molar-refractivity contribution in [3.63, 3.8) is 0 Å². The Kier molecular flexibility index (Phi) is 6.93. The van der Waals surface area contributed by atoms with Crippen LogP contribution in [0.5, 0.6) is 5.75 Å². The lowest BCUT2D eigenvalue weighted by molar-refractivity contribution is -0.139. The number of nitrogens with zero attached hydrogens (tertiary/aromatic N) is 1. The zero-order valence-electron chi connectivity index (χ0n) is 15.6. The van der Waals surface area contributed by atoms with Gasteiger partial charge in [0.15, 0.2) is 6.61 Å². The van der Waals surface area contributed by atoms with E-state index in [1.165, 1.54) is 30.3 Å². The number of halogens is 2. The molecule has 0 aromatic heterocycles. The van der Waals surface area contributed by atoms with Gasteiger partial charge < -0.3 is 15.2 Å². The first-order valence-electron chi connectivity index (χ1n) is 8.68. The number of ether oxygens (including phenoxy) is 1. The molecule has 2 N–H and O–H groups in total. The molecule has 3 rings (SSSR count). The zero-order chi connectivity index (χ0) is 22.5. The number of carboxylic acids is 1. The van der Waals surface area contributed by atoms with Crippen LogP contribution in [0.3, 0.4) is 0 Å². The Morgan fingerprint density at radius 3 is 2.55 bits per heavy atom. The number of anilines is 1. The van der Waals surface area contributed by atoms with Gasteiger partial charge in [-0.25, -0.2) is 9.18 Å². The van der Waals surface area contributed by atoms with E-state index in [0.29, 0.717) is 23.1 Å². The first-order chi connectivity index (χ1) is 14.7. The molecule has 0 saturated carbocycles. The molecular formula is C20H14ClFN2O6S. The molecule has 31 heavy (non-hydrogen) atoms. The Bertz CT molecular complexity index is 1090. The van der Waals surface area contributed by atoms with Crippen LogP contribution in [0.25, 0.3) is 6.08 Å². The molecule has 1 saturated heterocycles. The lowest BCUT2D eigenvalue weighted by atomic mass is 10.2. The molecule has 1 aliphatic heterocycles. The van der Waals surface area contributed by atoms with E-state index in [-0.39, 0.29) is 15.6 Å². The molecule has 11 heteroatoms. The SMILES string of the molecule is O=C(O)COc1ccc(/C=C2/SC(=O)N(CC(=O)Nc3ccc(F)c(Cl)c3)C2=O)cc1. The van der Waals surface area contributed by atoms with Crippen LogP contribution in [0, 0.1) is 5.82 Å². The summed E-state index contributed by atoms with van der Waals surface area (Å²) in [7, 11) is 0. The van der Waals surface area contributed by atoms with Crippen LogP contribution in [-0.2, 0) is 14.4 Å². The maximum atomic E-state index is 13.2. The van der Waals surface area contributed by atoms with Crippen molar-refractivity contribution in [2.24, 2.45) is 0 Å². The van der Waals surface area contributed by atoms with Crippen molar-refractivity contribution < 1.29 is 33.4 Å². The fraction of sp³-hybridized carbons (Fsp3) is 0.100. The van der Waals surface area contributed by atoms with Gasteiger partial charge in [-0.1, -0.05) is 23.7 Å². The van der Waals surface area contributed by atoms with Gasteiger partial charge in [-0.05, 0) is 53.7 Å². The minimum atomic E-state index is -1.11. The maximum Gasteiger partial charge on any atom is 0.341 e. The van der Waals surface area contributed by atoms with Crippen molar-refractivity contribution in [3.8, 4) is 5.75 Å². The number of imide groups is 1. The molecule has 0 spiro atoms. The van der Waals surface area contributed by atoms with Crippen LogP contribution < -0.4 is 10.1 Å². The van der Waals surface area contributed by atoms with Crippen LogP contribution in [0.1, 0.15) is 5.56 Å². The van der Waals surface area contributed by atoms with Crippen molar-refractivity contribution in [1.82, 2.24) is 4.90 Å². The molecule has 2 aromatic carbocycles. The molecule has 0 unspecified atom stereocenters. The van der Waals surface area contributed by atoms with Gasteiger partial charge in [0.05, 0.1) is 9.93 Å². The summed E-state index contributed by atoms with van der Waals surface area (Å²) in [6.45, 7) is -0.997. The van der Waals surface area contributed by atoms with Crippen LogP contribution in [-0.4, -0.2) is 46.2 Å². The zero-order valence-corrected chi connectivity index (χ0v) is 17.2. The smallest absolute Gasteiger partial charge is 0.341 e. The Morgan fingerprint density at radius 1 is 1.19 bits per heavy atom. The Balaban J connectivity index is 1.63. The second-order valence-electron chi connectivity index (χ2n) is 6.20. The van der Waals surface area contributed by atoms with E-state index in [1.54, 1.807) is 12.1 Å². The van der Waals surface area contributed by atoms with E-state index >= 15 is 0 Å². The van der Waals surface area contributed by atoms with E-state index in [2.05, 4.69) is 5.32 Å². The Morgan fingerprint density at radius 2 is 1.90 bits per heavy atom. The molecule has 0 bridgehead atoms. The quantitative estimate of drug-likeness (QED) is 0.601. The first-order valence-corrected chi connectivity index (χ1v) is 9.87. The van der Waals surface area contributed by atoms with Crippen molar-refractivity contribution in [1.29, 1.82) is 0 Å². The maximum absolute atomic E-state index is 13.2. The second kappa shape index (κ2) is 9.63. The Labute approximate surface area is 184 Å². The summed E-state index contributed by atoms with van der Waals surface area (Å²) < 4.78 is 18.2. The number of thioether (sulfide) groups is 1. The lowest BCUT2D eigenvalue weighted by Crippen LogP contribution is -2.36. The van der Waals surface area contributed by atoms with E-state index < -0.39 is 42.0 Å². The van der Waals surface area contributed by atoms with Gasteiger partial charge in [0.25, 0.3) is 11.1 Å². The van der Waals surface area contributed by atoms with Gasteiger partial charge in [0, 0.05) is 5.69 Å². The fourth-order valence-corrected chi connectivity index (χ4v) is 3.53. The molecule has 1 aliphatic rings. The third-order valence-electron chi connectivity index (χ3n) is 3.92. The van der Waals surface area contributed by atoms with Gasteiger partial charge in [-0.15, -0.1) is 0 Å². The van der Waals surface area contributed by atoms with Crippen molar-refractivity contribution >= 4 is 58.1 Å². The van der Waals surface area contributed by atoms with Crippen LogP contribution >= 0.6 is 23.4 Å². The first kappa shape index (κ1) is 22.3. The molecule has 2 aromatic rings. The number of nitrogens with one attached hydrogen (secondary N) is 1. The third kappa shape index (κ3) is 5.83. The highest BCUT2D eigenvalue weighted by atomic mass is 35.5. The van der Waals surface area contributed by atoms with Gasteiger partial charge >= 0.3 is 5.97 Å². The summed E-state index contributed by atoms with van der Waals surface area (Å²) in [5.41, 5.74) is 0.808. The minimum absolute atomic E-state index is 0.127. The van der Waals surface area contributed by atoms with Crippen LogP contribution in [0.4, 0.5) is 14.9 Å². The normalized spacial score (nSPS) is 14.8. The highest BCUT2D eigenvalue weighted by Crippen LogP contribution is 2.32. The number of hydrogen-bond donors (Lipinski definition) is 2. The number of benzene rings is 2. The monoisotopic (exact) mass is 464 g/mol. The molecule has 1 fully saturated rings. The average molecular weight is 465 g/mol. The molecule has 1 heterocycles. The van der Waals surface area contributed by atoms with Crippen molar-refractivity contribution in [2.45, 2.75) is 0 Å². The van der Waals surface area contributed by atoms with E-state index in [9.17, 15) is 23.6 Å². The van der Waals surface area contributed by atoms with E-state index in [1.807, 2.05) is 0 Å². The fourth-order valence-electron chi connectivity index (χ4n) is 2.51. The molecule has 0 aliphatic carbocycles. The molecule has 0 atom stereocenters. The average Bonchev–Trinajstić information content (AvgIpc) is 2.97. The highest BCUT2D eigenvalue weighted by Gasteiger charge is 2.36. The number of carbonyl (C=O) groups excluding carboxylic acids is 3. The summed E-state index contributed by atoms with van der Waals surface area (Å²) in [5.74, 6) is -2.69. The molecule has 8 nitrogen and oxygen atoms in total. The van der Waals surface area contributed by atoms with Crippen molar-refractivity contribution in [3.05, 3.63) is 63.8 Å². The summed E-state index contributed by atoms with van der Waals surface area (Å²) in [4.78, 5) is 48.3. The van der Waals surface area contributed by atoms with E-state index in [0.717, 1.165) is 11.0 Å². The second-order valence-corrected chi connectivity index (χ2v) is 7.60. The Hall–Kier alpha value is -3.37. The standard InChI is InChI=1S/C20H14ClFN2O6S/c21-14-8-12(3-6-15(14)22)23-17(25)9-24-19(28)16(31-20(24)29)7-11-1-4-13(5-2-11)30-10-18(26)27/h1-8H,9-10H2,(H,23,25)(H,26,27)/b16-7+. The third-order valence-corrected chi connectivity index (χ3v) is 5.12. The number of amides is 3. The predicted molar refractivity (Wildman–Crippen MR) is 112 cm³/mol. The molecule has 3 amide bonds. The van der Waals surface area contributed by atoms with Gasteiger partial charge in [-0.3, -0.25) is 19.3 Å². The highest BCUT2D eigenvalue weighted by molar-refractivity contribution is 8.18. The summed E-state index contributed by atoms with van der Waals surface area (Å²) >= 11 is 6.35. The number of rotatable bonds is 7. The summed E-state index contributed by atoms with van der Waals surface area (Å²) in [6.07, 6.45) is 1.48. The lowest BCUT2D eigenvalue weighted by Gasteiger charge is -2.12. The molecular weight excluding hydrogens is 451 g/mol. The van der Waals surface area contributed by atoms with Crippen LogP contribution in [0.2, 0.25) is 5.02 Å². The largest absolute Gasteiger partial charge is 0.482 e. The van der Waals surface area contributed by atoms with Crippen LogP contribution in [0.15, 0.2) is 47.4 Å². The molecule has 160 valence electrons. The van der Waals surface area contributed by atoms with Gasteiger partial charge in [-0.2, -0.15) is 0 Å². The number of aliphatic carboxylic acids is 1. The molecule has 0 radical (unpaired) electrons. The van der Waals surface area contributed by atoms with Gasteiger partial charge in [0.2, 0.25) is 5.91 Å². The summed E-state index contributed by atoms with van der Waals surface area (Å²) in [5, 5.41) is 10.3. The van der Waals surface area contributed by atoms with Gasteiger partial charge in [0.1, 0.15) is 18.1 Å². The van der Waals surface area contributed by atoms with Crippen molar-refractivity contribution in [2.75, 3.05) is 18.5 Å². The number of hydrogen-bond acceptors (Lipinski definition) is 6. The van der Waals surface area contributed by atoms with E-state index in [4.69, 9.17) is 21.4 Å². The predicted octanol–water partition coefficient (Wildman–Crippen LogP) is 3.62. The summed E-state index contributed by atoms with van der Waals surface area (Å²) in [6, 6.07) is 9.84.